The molecule has 0 N–H and O–H groups in total. The molecule has 74 valence electrons. The van der Waals surface area contributed by atoms with Gasteiger partial charge in [0.05, 0.1) is 5.69 Å². The average molecular weight is 201 g/mol. The normalized spacial score (nSPS) is 11.2. The maximum Gasteiger partial charge on any atom is 0.127 e. The minimum absolute atomic E-state index is 0.640. The lowest BCUT2D eigenvalue weighted by Crippen LogP contribution is -2.01. The first-order valence-electron chi connectivity index (χ1n) is 4.85. The number of rotatable bonds is 4. The van der Waals surface area contributed by atoms with Crippen LogP contribution in [0.1, 0.15) is 32.9 Å². The number of aryl methyl sites for hydroxylation is 1. The zero-order valence-corrected chi connectivity index (χ0v) is 9.30. The Morgan fingerprint density at radius 1 is 1.54 bits per heavy atom. The molecular formula is C10H17ClN2. The van der Waals surface area contributed by atoms with Crippen molar-refractivity contribution < 1.29 is 0 Å². The van der Waals surface area contributed by atoms with Gasteiger partial charge >= 0.3 is 0 Å². The van der Waals surface area contributed by atoms with E-state index in [2.05, 4.69) is 25.9 Å². The molecule has 2 nitrogen and oxygen atoms in total. The molecule has 0 atom stereocenters. The molecule has 0 aromatic carbocycles. The third-order valence-electron chi connectivity index (χ3n) is 1.83. The fraction of sp³-hybridized carbons (Fsp3) is 0.700. The highest BCUT2D eigenvalue weighted by molar-refractivity contribution is 6.29. The van der Waals surface area contributed by atoms with E-state index in [1.807, 2.05) is 10.7 Å². The molecule has 0 saturated heterocycles. The van der Waals surface area contributed by atoms with E-state index >= 15 is 0 Å². The highest BCUT2D eigenvalue weighted by Crippen LogP contribution is 2.14. The van der Waals surface area contributed by atoms with Crippen LogP contribution in [0.3, 0.4) is 0 Å². The first-order chi connectivity index (χ1) is 6.13. The molecule has 0 aliphatic heterocycles. The number of hydrogen-bond acceptors (Lipinski definition) is 1. The molecule has 13 heavy (non-hydrogen) atoms. The summed E-state index contributed by atoms with van der Waals surface area (Å²) in [5.41, 5.74) is 1.11. The van der Waals surface area contributed by atoms with Crippen LogP contribution in [0.4, 0.5) is 0 Å². The van der Waals surface area contributed by atoms with E-state index in [-0.39, 0.29) is 0 Å². The van der Waals surface area contributed by atoms with Gasteiger partial charge in [0, 0.05) is 6.54 Å². The lowest BCUT2D eigenvalue weighted by molar-refractivity contribution is 0.574. The van der Waals surface area contributed by atoms with Gasteiger partial charge in [0.2, 0.25) is 0 Å². The van der Waals surface area contributed by atoms with Crippen LogP contribution >= 0.6 is 11.6 Å². The smallest absolute Gasteiger partial charge is 0.127 e. The van der Waals surface area contributed by atoms with Crippen molar-refractivity contribution in [3.05, 3.63) is 16.9 Å². The van der Waals surface area contributed by atoms with E-state index in [1.165, 1.54) is 0 Å². The van der Waals surface area contributed by atoms with Crippen LogP contribution in [0.5, 0.6) is 0 Å². The lowest BCUT2D eigenvalue weighted by atomic mass is 10.1. The van der Waals surface area contributed by atoms with E-state index in [1.54, 1.807) is 0 Å². The summed E-state index contributed by atoms with van der Waals surface area (Å²) in [7, 11) is 0. The summed E-state index contributed by atoms with van der Waals surface area (Å²) in [4.78, 5) is 0. The molecule has 0 bridgehead atoms. The maximum absolute atomic E-state index is 6.01. The lowest BCUT2D eigenvalue weighted by Gasteiger charge is -2.00. The first kappa shape index (κ1) is 10.6. The molecular weight excluding hydrogens is 184 g/mol. The van der Waals surface area contributed by atoms with Crippen molar-refractivity contribution >= 4 is 11.6 Å². The fourth-order valence-corrected chi connectivity index (χ4v) is 1.58. The zero-order valence-electron chi connectivity index (χ0n) is 8.55. The van der Waals surface area contributed by atoms with E-state index in [9.17, 15) is 0 Å². The van der Waals surface area contributed by atoms with Crippen molar-refractivity contribution in [3.8, 4) is 0 Å². The van der Waals surface area contributed by atoms with Gasteiger partial charge in [-0.2, -0.15) is 5.10 Å². The molecule has 0 radical (unpaired) electrons. The Balaban J connectivity index is 2.70. The molecule has 1 aromatic rings. The SMILES string of the molecule is CCCn1nc(CC(C)C)cc1Cl. The summed E-state index contributed by atoms with van der Waals surface area (Å²) < 4.78 is 1.87. The topological polar surface area (TPSA) is 17.8 Å². The Hall–Kier alpha value is -0.500. The Morgan fingerprint density at radius 3 is 2.77 bits per heavy atom. The second kappa shape index (κ2) is 4.66. The number of aromatic nitrogens is 2. The summed E-state index contributed by atoms with van der Waals surface area (Å²) in [6, 6.07) is 1.97. The Labute approximate surface area is 84.9 Å². The molecule has 1 heterocycles. The molecule has 0 saturated carbocycles. The molecule has 0 aliphatic rings. The van der Waals surface area contributed by atoms with Gasteiger partial charge in [-0.25, -0.2) is 0 Å². The fourth-order valence-electron chi connectivity index (χ4n) is 1.33. The molecule has 0 aliphatic carbocycles. The highest BCUT2D eigenvalue weighted by Gasteiger charge is 2.06. The molecule has 0 spiro atoms. The van der Waals surface area contributed by atoms with Crippen LogP contribution in [-0.4, -0.2) is 9.78 Å². The minimum Gasteiger partial charge on any atom is -0.254 e. The summed E-state index contributed by atoms with van der Waals surface area (Å²) in [6.45, 7) is 7.41. The first-order valence-corrected chi connectivity index (χ1v) is 5.23. The number of hydrogen-bond donors (Lipinski definition) is 0. The molecule has 3 heteroatoms. The monoisotopic (exact) mass is 200 g/mol. The summed E-state index contributed by atoms with van der Waals surface area (Å²) in [6.07, 6.45) is 2.08. The van der Waals surface area contributed by atoms with Crippen LogP contribution in [0.15, 0.2) is 6.07 Å². The van der Waals surface area contributed by atoms with Crippen LogP contribution < -0.4 is 0 Å². The van der Waals surface area contributed by atoms with Gasteiger partial charge in [0.1, 0.15) is 5.15 Å². The van der Waals surface area contributed by atoms with Gasteiger partial charge < -0.3 is 0 Å². The molecule has 1 rings (SSSR count). The van der Waals surface area contributed by atoms with E-state index in [4.69, 9.17) is 11.6 Å². The number of halogens is 1. The van der Waals surface area contributed by atoms with Crippen molar-refractivity contribution in [2.24, 2.45) is 5.92 Å². The van der Waals surface area contributed by atoms with Crippen molar-refractivity contribution in [1.29, 1.82) is 0 Å². The van der Waals surface area contributed by atoms with Crippen LogP contribution in [0.25, 0.3) is 0 Å². The Morgan fingerprint density at radius 2 is 2.23 bits per heavy atom. The van der Waals surface area contributed by atoms with Crippen LogP contribution in [-0.2, 0) is 13.0 Å². The maximum atomic E-state index is 6.01. The van der Waals surface area contributed by atoms with Gasteiger partial charge in [-0.05, 0) is 24.8 Å². The largest absolute Gasteiger partial charge is 0.254 e. The Kier molecular flexibility index (Phi) is 3.79. The van der Waals surface area contributed by atoms with Gasteiger partial charge in [0.25, 0.3) is 0 Å². The van der Waals surface area contributed by atoms with E-state index in [0.29, 0.717) is 5.92 Å². The van der Waals surface area contributed by atoms with Crippen molar-refractivity contribution in [3.63, 3.8) is 0 Å². The van der Waals surface area contributed by atoms with Gasteiger partial charge in [0.15, 0.2) is 0 Å². The molecule has 0 fully saturated rings. The van der Waals surface area contributed by atoms with Crippen LogP contribution in [0.2, 0.25) is 5.15 Å². The van der Waals surface area contributed by atoms with E-state index < -0.39 is 0 Å². The summed E-state index contributed by atoms with van der Waals surface area (Å²) >= 11 is 6.01. The number of nitrogens with zero attached hydrogens (tertiary/aromatic N) is 2. The molecule has 1 aromatic heterocycles. The third kappa shape index (κ3) is 3.03. The predicted octanol–water partition coefficient (Wildman–Crippen LogP) is 3.15. The van der Waals surface area contributed by atoms with Crippen molar-refractivity contribution in [1.82, 2.24) is 9.78 Å². The van der Waals surface area contributed by atoms with Crippen molar-refractivity contribution in [2.75, 3.05) is 0 Å². The summed E-state index contributed by atoms with van der Waals surface area (Å²) in [5.74, 6) is 0.640. The third-order valence-corrected chi connectivity index (χ3v) is 2.14. The average Bonchev–Trinajstić information content (AvgIpc) is 2.31. The predicted molar refractivity (Wildman–Crippen MR) is 56.1 cm³/mol. The van der Waals surface area contributed by atoms with Crippen molar-refractivity contribution in [2.45, 2.75) is 40.2 Å². The molecule has 0 amide bonds. The second-order valence-corrected chi connectivity index (χ2v) is 4.17. The second-order valence-electron chi connectivity index (χ2n) is 3.78. The van der Waals surface area contributed by atoms with E-state index in [0.717, 1.165) is 30.2 Å². The zero-order chi connectivity index (χ0) is 9.84. The van der Waals surface area contributed by atoms with Gasteiger partial charge in [-0.3, -0.25) is 4.68 Å². The summed E-state index contributed by atoms with van der Waals surface area (Å²) in [5, 5.41) is 5.19. The van der Waals surface area contributed by atoms with Crippen LogP contribution in [0, 0.1) is 5.92 Å². The van der Waals surface area contributed by atoms with Gasteiger partial charge in [-0.15, -0.1) is 0 Å². The standard InChI is InChI=1S/C10H17ClN2/c1-4-5-13-10(11)7-9(12-13)6-8(2)3/h7-8H,4-6H2,1-3H3. The quantitative estimate of drug-likeness (QED) is 0.730. The highest BCUT2D eigenvalue weighted by atomic mass is 35.5. The Bertz CT molecular complexity index is 266. The minimum atomic E-state index is 0.640. The van der Waals surface area contributed by atoms with Gasteiger partial charge in [-0.1, -0.05) is 32.4 Å². The molecule has 0 unspecified atom stereocenters.